The lowest BCUT2D eigenvalue weighted by molar-refractivity contribution is -0.134. The lowest BCUT2D eigenvalue weighted by atomic mass is 9.92. The second-order valence-corrected chi connectivity index (χ2v) is 7.06. The molecule has 1 N–H and O–H groups in total. The summed E-state index contributed by atoms with van der Waals surface area (Å²) in [5, 5.41) is 6.50. The third-order valence-corrected chi connectivity index (χ3v) is 5.36. The van der Waals surface area contributed by atoms with Crippen LogP contribution in [0.15, 0.2) is 17.9 Å². The molecule has 1 saturated heterocycles. The van der Waals surface area contributed by atoms with Crippen molar-refractivity contribution in [3.8, 4) is 0 Å². The molecular weight excluding hydrogens is 310 g/mol. The SMILES string of the molecule is CCc1nc(CN(C)C(=O)[C@@H]2CNC[C@H]2c2cn(C)cn2)cs1. The molecule has 0 unspecified atom stereocenters. The summed E-state index contributed by atoms with van der Waals surface area (Å²) in [7, 11) is 3.82. The van der Waals surface area contributed by atoms with E-state index in [2.05, 4.69) is 22.2 Å². The average molecular weight is 333 g/mol. The Bertz CT molecular complexity index is 680. The number of amides is 1. The number of nitrogens with one attached hydrogen (secondary N) is 1. The largest absolute Gasteiger partial charge is 0.340 e. The molecule has 3 rings (SSSR count). The van der Waals surface area contributed by atoms with Crippen LogP contribution >= 0.6 is 11.3 Å². The quantitative estimate of drug-likeness (QED) is 0.898. The van der Waals surface area contributed by atoms with E-state index in [4.69, 9.17) is 0 Å². The van der Waals surface area contributed by atoms with Crippen molar-refractivity contribution in [2.75, 3.05) is 20.1 Å². The highest BCUT2D eigenvalue weighted by Crippen LogP contribution is 2.28. The second-order valence-electron chi connectivity index (χ2n) is 6.12. The Morgan fingerprint density at radius 1 is 1.52 bits per heavy atom. The molecule has 0 aromatic carbocycles. The molecule has 0 spiro atoms. The van der Waals surface area contributed by atoms with Gasteiger partial charge in [0.15, 0.2) is 0 Å². The summed E-state index contributed by atoms with van der Waals surface area (Å²) < 4.78 is 1.93. The van der Waals surface area contributed by atoms with Crippen LogP contribution < -0.4 is 5.32 Å². The molecule has 0 saturated carbocycles. The first-order valence-electron chi connectivity index (χ1n) is 7.95. The number of carbonyl (C=O) groups excluding carboxylic acids is 1. The Morgan fingerprint density at radius 2 is 2.35 bits per heavy atom. The molecule has 23 heavy (non-hydrogen) atoms. The van der Waals surface area contributed by atoms with Crippen LogP contribution in [0.1, 0.15) is 29.2 Å². The van der Waals surface area contributed by atoms with Gasteiger partial charge in [-0.15, -0.1) is 11.3 Å². The molecule has 0 aliphatic carbocycles. The lowest BCUT2D eigenvalue weighted by Gasteiger charge is -2.23. The van der Waals surface area contributed by atoms with Crippen LogP contribution in [-0.2, 0) is 24.8 Å². The summed E-state index contributed by atoms with van der Waals surface area (Å²) in [6.07, 6.45) is 4.74. The van der Waals surface area contributed by atoms with E-state index in [1.54, 1.807) is 22.6 Å². The maximum atomic E-state index is 12.8. The summed E-state index contributed by atoms with van der Waals surface area (Å²) in [5.41, 5.74) is 1.97. The van der Waals surface area contributed by atoms with Crippen molar-refractivity contribution in [2.24, 2.45) is 13.0 Å². The second kappa shape index (κ2) is 6.80. The van der Waals surface area contributed by atoms with E-state index in [-0.39, 0.29) is 17.7 Å². The molecule has 0 radical (unpaired) electrons. The van der Waals surface area contributed by atoms with E-state index in [0.29, 0.717) is 13.1 Å². The first-order chi connectivity index (χ1) is 11.1. The van der Waals surface area contributed by atoms with Gasteiger partial charge in [-0.05, 0) is 6.42 Å². The number of thiazole rings is 1. The standard InChI is InChI=1S/C16H23N5OS/c1-4-15-19-11(9-23-15)7-21(3)16(22)13-6-17-5-12(13)14-8-20(2)10-18-14/h8-10,12-13,17H,4-7H2,1-3H3/t12-,13-/m1/s1. The Morgan fingerprint density at radius 3 is 3.00 bits per heavy atom. The fourth-order valence-electron chi connectivity index (χ4n) is 3.06. The zero-order chi connectivity index (χ0) is 16.4. The lowest BCUT2D eigenvalue weighted by Crippen LogP contribution is -2.35. The van der Waals surface area contributed by atoms with Gasteiger partial charge in [-0.1, -0.05) is 6.92 Å². The van der Waals surface area contributed by atoms with Gasteiger partial charge >= 0.3 is 0 Å². The highest BCUT2D eigenvalue weighted by Gasteiger charge is 2.36. The van der Waals surface area contributed by atoms with Crippen molar-refractivity contribution in [1.82, 2.24) is 24.8 Å². The molecule has 1 aliphatic rings. The van der Waals surface area contributed by atoms with Crippen LogP contribution in [-0.4, -0.2) is 45.5 Å². The smallest absolute Gasteiger partial charge is 0.227 e. The van der Waals surface area contributed by atoms with E-state index < -0.39 is 0 Å². The van der Waals surface area contributed by atoms with Gasteiger partial charge in [-0.2, -0.15) is 0 Å². The highest BCUT2D eigenvalue weighted by molar-refractivity contribution is 7.09. The minimum absolute atomic E-state index is 0.0563. The Labute approximate surface area is 140 Å². The van der Waals surface area contributed by atoms with Gasteiger partial charge in [0.1, 0.15) is 0 Å². The molecule has 1 fully saturated rings. The zero-order valence-corrected chi connectivity index (χ0v) is 14.6. The van der Waals surface area contributed by atoms with Crippen LogP contribution in [0.2, 0.25) is 0 Å². The van der Waals surface area contributed by atoms with Gasteiger partial charge in [0.05, 0.1) is 35.2 Å². The maximum absolute atomic E-state index is 12.8. The number of imidazole rings is 1. The molecule has 124 valence electrons. The molecule has 2 atom stereocenters. The number of rotatable bonds is 5. The third kappa shape index (κ3) is 3.45. The van der Waals surface area contributed by atoms with Gasteiger partial charge in [-0.25, -0.2) is 9.97 Å². The Hall–Kier alpha value is -1.73. The molecule has 3 heterocycles. The van der Waals surface area contributed by atoms with Gasteiger partial charge < -0.3 is 14.8 Å². The van der Waals surface area contributed by atoms with Crippen molar-refractivity contribution >= 4 is 17.2 Å². The van der Waals surface area contributed by atoms with E-state index in [1.165, 1.54) is 0 Å². The molecule has 1 aliphatic heterocycles. The predicted octanol–water partition coefficient (Wildman–Crippen LogP) is 1.40. The summed E-state index contributed by atoms with van der Waals surface area (Å²) in [4.78, 5) is 23.6. The number of aromatic nitrogens is 3. The van der Waals surface area contributed by atoms with Gasteiger partial charge in [0, 0.05) is 44.7 Å². The molecular formula is C16H23N5OS. The molecule has 6 nitrogen and oxygen atoms in total. The van der Waals surface area contributed by atoms with Crippen LogP contribution in [0.3, 0.4) is 0 Å². The van der Waals surface area contributed by atoms with Crippen molar-refractivity contribution in [2.45, 2.75) is 25.8 Å². The third-order valence-electron chi connectivity index (χ3n) is 4.31. The number of hydrogen-bond donors (Lipinski definition) is 1. The van der Waals surface area contributed by atoms with Crippen molar-refractivity contribution in [1.29, 1.82) is 0 Å². The summed E-state index contributed by atoms with van der Waals surface area (Å²) >= 11 is 1.66. The topological polar surface area (TPSA) is 63.1 Å². The molecule has 2 aromatic rings. The van der Waals surface area contributed by atoms with E-state index in [9.17, 15) is 4.79 Å². The first kappa shape index (κ1) is 16.1. The van der Waals surface area contributed by atoms with Crippen molar-refractivity contribution in [3.63, 3.8) is 0 Å². The summed E-state index contributed by atoms with van der Waals surface area (Å²) in [6.45, 7) is 4.18. The van der Waals surface area contributed by atoms with E-state index in [0.717, 1.165) is 29.4 Å². The summed E-state index contributed by atoms with van der Waals surface area (Å²) in [6, 6.07) is 0. The number of nitrogens with zero attached hydrogens (tertiary/aromatic N) is 4. The van der Waals surface area contributed by atoms with Crippen LogP contribution in [0.5, 0.6) is 0 Å². The van der Waals surface area contributed by atoms with Gasteiger partial charge in [-0.3, -0.25) is 4.79 Å². The average Bonchev–Trinajstić information content (AvgIpc) is 3.25. The number of aryl methyl sites for hydroxylation is 2. The first-order valence-corrected chi connectivity index (χ1v) is 8.83. The fraction of sp³-hybridized carbons (Fsp3) is 0.562. The Balaban J connectivity index is 1.68. The predicted molar refractivity (Wildman–Crippen MR) is 90.3 cm³/mol. The maximum Gasteiger partial charge on any atom is 0.227 e. The van der Waals surface area contributed by atoms with Crippen molar-refractivity contribution in [3.05, 3.63) is 34.3 Å². The fourth-order valence-corrected chi connectivity index (χ4v) is 3.80. The molecule has 1 amide bonds. The van der Waals surface area contributed by atoms with Gasteiger partial charge in [0.25, 0.3) is 0 Å². The van der Waals surface area contributed by atoms with Gasteiger partial charge in [0.2, 0.25) is 5.91 Å². The normalized spacial score (nSPS) is 20.8. The number of hydrogen-bond acceptors (Lipinski definition) is 5. The monoisotopic (exact) mass is 333 g/mol. The van der Waals surface area contributed by atoms with Crippen LogP contribution in [0.4, 0.5) is 0 Å². The van der Waals surface area contributed by atoms with Crippen LogP contribution in [0.25, 0.3) is 0 Å². The van der Waals surface area contributed by atoms with E-state index >= 15 is 0 Å². The minimum Gasteiger partial charge on any atom is -0.340 e. The summed E-state index contributed by atoms with van der Waals surface area (Å²) in [5.74, 6) is 0.253. The van der Waals surface area contributed by atoms with Crippen molar-refractivity contribution < 1.29 is 4.79 Å². The number of carbonyl (C=O) groups is 1. The van der Waals surface area contributed by atoms with Crippen LogP contribution in [0, 0.1) is 5.92 Å². The molecule has 0 bridgehead atoms. The molecule has 2 aromatic heterocycles. The van der Waals surface area contributed by atoms with E-state index in [1.807, 2.05) is 30.2 Å². The molecule has 7 heteroatoms. The zero-order valence-electron chi connectivity index (χ0n) is 13.8. The minimum atomic E-state index is -0.0563. The Kier molecular flexibility index (Phi) is 4.77. The highest BCUT2D eigenvalue weighted by atomic mass is 32.1.